The molecule has 0 unspecified atom stereocenters. The monoisotopic (exact) mass is 378 g/mol. The normalized spacial score (nSPS) is 10.1. The van der Waals surface area contributed by atoms with Gasteiger partial charge in [0.1, 0.15) is 24.1 Å². The van der Waals surface area contributed by atoms with Gasteiger partial charge in [0.05, 0.1) is 12.8 Å². The SMILES string of the molecule is O=CCC(=O)Cc1ccccc1C(=O)C(=O)c1ccccc1CC(=O)CC=O. The van der Waals surface area contributed by atoms with Crippen LogP contribution in [-0.4, -0.2) is 35.7 Å². The number of rotatable bonds is 11. The maximum Gasteiger partial charge on any atom is 0.233 e. The zero-order chi connectivity index (χ0) is 20.5. The fourth-order valence-corrected chi connectivity index (χ4v) is 2.79. The molecule has 6 nitrogen and oxygen atoms in total. The van der Waals surface area contributed by atoms with E-state index in [4.69, 9.17) is 0 Å². The summed E-state index contributed by atoms with van der Waals surface area (Å²) in [7, 11) is 0. The van der Waals surface area contributed by atoms with Crippen LogP contribution >= 0.6 is 0 Å². The third-order valence-electron chi connectivity index (χ3n) is 4.13. The molecule has 0 heterocycles. The third kappa shape index (κ3) is 5.23. The van der Waals surface area contributed by atoms with E-state index in [9.17, 15) is 28.8 Å². The van der Waals surface area contributed by atoms with Crippen molar-refractivity contribution >= 4 is 35.7 Å². The lowest BCUT2D eigenvalue weighted by Crippen LogP contribution is -2.20. The first kappa shape index (κ1) is 20.8. The van der Waals surface area contributed by atoms with Gasteiger partial charge in [0.2, 0.25) is 11.6 Å². The van der Waals surface area contributed by atoms with Crippen LogP contribution in [0.2, 0.25) is 0 Å². The zero-order valence-corrected chi connectivity index (χ0v) is 15.1. The number of aldehydes is 2. The molecule has 0 aliphatic heterocycles. The Balaban J connectivity index is 2.32. The molecule has 0 radical (unpaired) electrons. The van der Waals surface area contributed by atoms with E-state index in [0.717, 1.165) is 0 Å². The average Bonchev–Trinajstić information content (AvgIpc) is 2.68. The molecule has 2 rings (SSSR count). The Kier molecular flexibility index (Phi) is 7.39. The van der Waals surface area contributed by atoms with Crippen molar-refractivity contribution < 1.29 is 28.8 Å². The lowest BCUT2D eigenvalue weighted by molar-refractivity contribution is -0.123. The minimum atomic E-state index is -0.801. The Bertz CT molecular complexity index is 864. The smallest absolute Gasteiger partial charge is 0.233 e. The summed E-state index contributed by atoms with van der Waals surface area (Å²) in [5, 5.41) is 0. The van der Waals surface area contributed by atoms with Crippen LogP contribution in [0, 0.1) is 0 Å². The summed E-state index contributed by atoms with van der Waals surface area (Å²) in [5.74, 6) is -2.32. The average molecular weight is 378 g/mol. The van der Waals surface area contributed by atoms with E-state index < -0.39 is 11.6 Å². The predicted molar refractivity (Wildman–Crippen MR) is 100 cm³/mol. The highest BCUT2D eigenvalue weighted by Crippen LogP contribution is 2.17. The molecule has 2 aromatic rings. The number of Topliss-reactive ketones (excluding diaryl/α,β-unsaturated/α-hetero) is 4. The van der Waals surface area contributed by atoms with Crippen LogP contribution in [-0.2, 0) is 32.0 Å². The summed E-state index contributed by atoms with van der Waals surface area (Å²) in [4.78, 5) is 70.1. The van der Waals surface area contributed by atoms with Gasteiger partial charge >= 0.3 is 0 Å². The number of ketones is 4. The highest BCUT2D eigenvalue weighted by molar-refractivity contribution is 6.49. The largest absolute Gasteiger partial charge is 0.303 e. The Labute approximate surface area is 161 Å². The van der Waals surface area contributed by atoms with Crippen molar-refractivity contribution in [3.8, 4) is 0 Å². The van der Waals surface area contributed by atoms with Gasteiger partial charge in [-0.1, -0.05) is 48.5 Å². The van der Waals surface area contributed by atoms with Gasteiger partial charge in [-0.05, 0) is 11.1 Å². The zero-order valence-electron chi connectivity index (χ0n) is 15.1. The quantitative estimate of drug-likeness (QED) is 0.257. The molecule has 142 valence electrons. The molecule has 0 bridgehead atoms. The maximum absolute atomic E-state index is 12.8. The summed E-state index contributed by atoms with van der Waals surface area (Å²) in [6.45, 7) is 0. The lowest BCUT2D eigenvalue weighted by Gasteiger charge is -2.10. The van der Waals surface area contributed by atoms with Crippen LogP contribution in [0.3, 0.4) is 0 Å². The van der Waals surface area contributed by atoms with Crippen LogP contribution in [0.15, 0.2) is 48.5 Å². The molecule has 2 aromatic carbocycles. The van der Waals surface area contributed by atoms with Gasteiger partial charge in [0, 0.05) is 24.0 Å². The van der Waals surface area contributed by atoms with E-state index in [-0.39, 0.29) is 48.4 Å². The van der Waals surface area contributed by atoms with Crippen LogP contribution in [0.5, 0.6) is 0 Å². The topological polar surface area (TPSA) is 102 Å². The minimum Gasteiger partial charge on any atom is -0.303 e. The highest BCUT2D eigenvalue weighted by atomic mass is 16.2. The maximum atomic E-state index is 12.8. The van der Waals surface area contributed by atoms with E-state index in [1.54, 1.807) is 36.4 Å². The number of carbonyl (C=O) groups is 6. The van der Waals surface area contributed by atoms with Crippen LogP contribution in [0.1, 0.15) is 44.7 Å². The van der Waals surface area contributed by atoms with Gasteiger partial charge in [-0.3, -0.25) is 19.2 Å². The molecule has 0 N–H and O–H groups in total. The number of hydrogen-bond donors (Lipinski definition) is 0. The molecule has 0 aliphatic carbocycles. The van der Waals surface area contributed by atoms with Crippen molar-refractivity contribution in [2.45, 2.75) is 25.7 Å². The molecular formula is C22H18O6. The minimum absolute atomic E-state index is 0.0840. The van der Waals surface area contributed by atoms with Crippen molar-refractivity contribution in [3.05, 3.63) is 70.8 Å². The van der Waals surface area contributed by atoms with E-state index in [2.05, 4.69) is 0 Å². The van der Waals surface area contributed by atoms with Gasteiger partial charge in [-0.25, -0.2) is 0 Å². The molecule has 0 atom stereocenters. The third-order valence-corrected chi connectivity index (χ3v) is 4.13. The van der Waals surface area contributed by atoms with Crippen LogP contribution in [0.25, 0.3) is 0 Å². The highest BCUT2D eigenvalue weighted by Gasteiger charge is 2.24. The first-order chi connectivity index (χ1) is 13.5. The molecule has 0 spiro atoms. The summed E-state index contributed by atoms with van der Waals surface area (Å²) < 4.78 is 0. The van der Waals surface area contributed by atoms with Gasteiger partial charge in [0.25, 0.3) is 0 Å². The molecule has 0 aliphatic rings. The molecule has 6 heteroatoms. The second kappa shape index (κ2) is 9.97. The Morgan fingerprint density at radius 3 is 1.32 bits per heavy atom. The summed E-state index contributed by atoms with van der Waals surface area (Å²) in [6, 6.07) is 12.4. The number of benzene rings is 2. The standard InChI is InChI=1S/C22H18O6/c23-11-9-17(25)13-15-5-1-3-7-19(15)21(27)22(28)20-8-4-2-6-16(20)14-18(26)10-12-24/h1-8,11-12H,9-10,13-14H2. The van der Waals surface area contributed by atoms with Gasteiger partial charge in [-0.2, -0.15) is 0 Å². The van der Waals surface area contributed by atoms with Crippen LogP contribution in [0.4, 0.5) is 0 Å². The van der Waals surface area contributed by atoms with E-state index in [1.807, 2.05) is 0 Å². The molecular weight excluding hydrogens is 360 g/mol. The number of carbonyl (C=O) groups excluding carboxylic acids is 6. The van der Waals surface area contributed by atoms with Gasteiger partial charge in [-0.15, -0.1) is 0 Å². The van der Waals surface area contributed by atoms with E-state index in [1.165, 1.54) is 12.1 Å². The fraction of sp³-hybridized carbons (Fsp3) is 0.182. The molecule has 0 saturated carbocycles. The summed E-state index contributed by atoms with van der Waals surface area (Å²) in [6.07, 6.45) is 0.187. The predicted octanol–water partition coefficient (Wildman–Crippen LogP) is 2.15. The molecule has 0 amide bonds. The molecule has 0 aromatic heterocycles. The van der Waals surface area contributed by atoms with Crippen molar-refractivity contribution in [1.82, 2.24) is 0 Å². The van der Waals surface area contributed by atoms with Crippen molar-refractivity contribution in [2.24, 2.45) is 0 Å². The van der Waals surface area contributed by atoms with Crippen LogP contribution < -0.4 is 0 Å². The van der Waals surface area contributed by atoms with Gasteiger partial charge < -0.3 is 9.59 Å². The Hall–Kier alpha value is -3.54. The van der Waals surface area contributed by atoms with E-state index in [0.29, 0.717) is 23.7 Å². The van der Waals surface area contributed by atoms with Crippen molar-refractivity contribution in [3.63, 3.8) is 0 Å². The second-order valence-electron chi connectivity index (χ2n) is 6.15. The molecule has 0 saturated heterocycles. The fourth-order valence-electron chi connectivity index (χ4n) is 2.79. The Morgan fingerprint density at radius 2 is 0.964 bits per heavy atom. The summed E-state index contributed by atoms with van der Waals surface area (Å²) in [5.41, 5.74) is 0.894. The van der Waals surface area contributed by atoms with Gasteiger partial charge in [0.15, 0.2) is 0 Å². The first-order valence-electron chi connectivity index (χ1n) is 8.63. The van der Waals surface area contributed by atoms with Crippen molar-refractivity contribution in [1.29, 1.82) is 0 Å². The molecule has 28 heavy (non-hydrogen) atoms. The second-order valence-corrected chi connectivity index (χ2v) is 6.15. The van der Waals surface area contributed by atoms with E-state index >= 15 is 0 Å². The molecule has 0 fully saturated rings. The van der Waals surface area contributed by atoms with Crippen molar-refractivity contribution in [2.75, 3.05) is 0 Å². The first-order valence-corrected chi connectivity index (χ1v) is 8.63. The number of hydrogen-bond acceptors (Lipinski definition) is 6. The Morgan fingerprint density at radius 1 is 0.607 bits per heavy atom. The lowest BCUT2D eigenvalue weighted by atomic mass is 9.91. The summed E-state index contributed by atoms with van der Waals surface area (Å²) >= 11 is 0.